The fourth-order valence-corrected chi connectivity index (χ4v) is 1.75. The van der Waals surface area contributed by atoms with E-state index in [1.807, 2.05) is 6.92 Å². The molecule has 0 aliphatic carbocycles. The number of nitrogens with two attached hydrogens (primary N) is 1. The van der Waals surface area contributed by atoms with Crippen molar-refractivity contribution in [2.24, 2.45) is 14.1 Å². The van der Waals surface area contributed by atoms with Crippen molar-refractivity contribution in [3.8, 4) is 0 Å². The van der Waals surface area contributed by atoms with Crippen molar-refractivity contribution in [1.29, 1.82) is 5.41 Å². The molecule has 6 N–H and O–H groups in total. The molecule has 0 saturated carbocycles. The van der Waals surface area contributed by atoms with Crippen molar-refractivity contribution in [2.75, 3.05) is 30.7 Å². The quantitative estimate of drug-likeness (QED) is 0.238. The molecule has 0 radical (unpaired) electrons. The van der Waals surface area contributed by atoms with Gasteiger partial charge in [0.15, 0.2) is 0 Å². The molecule has 9 nitrogen and oxygen atoms in total. The second-order valence-corrected chi connectivity index (χ2v) is 4.60. The minimum absolute atomic E-state index is 0.224. The molecule has 0 aliphatic rings. The molecule has 1 aromatic heterocycles. The summed E-state index contributed by atoms with van der Waals surface area (Å²) in [5.41, 5.74) is 6.14. The van der Waals surface area contributed by atoms with Gasteiger partial charge in [-0.3, -0.25) is 19.0 Å². The largest absolute Gasteiger partial charge is 0.390 e. The molecule has 0 spiro atoms. The minimum atomic E-state index is -0.355. The highest BCUT2D eigenvalue weighted by Crippen LogP contribution is 2.11. The summed E-state index contributed by atoms with van der Waals surface area (Å²) in [5, 5.41) is 15.6. The van der Waals surface area contributed by atoms with E-state index < -0.39 is 0 Å². The van der Waals surface area contributed by atoms with Crippen LogP contribution in [-0.2, 0) is 18.9 Å². The van der Waals surface area contributed by atoms with E-state index in [0.29, 0.717) is 31.1 Å². The average molecular weight is 309 g/mol. The highest BCUT2D eigenvalue weighted by atomic mass is 16.2. The predicted molar refractivity (Wildman–Crippen MR) is 87.1 cm³/mol. The lowest BCUT2D eigenvalue weighted by molar-refractivity contribution is -0.116. The SMILES string of the molecule is CCN/C=C(\C=N)C(=O)NCCNc1c(N)n(C)n(C)c1=O. The van der Waals surface area contributed by atoms with Crippen LogP contribution >= 0.6 is 0 Å². The predicted octanol–water partition coefficient (Wildman–Crippen LogP) is -1.02. The maximum atomic E-state index is 11.9. The number of nitrogens with zero attached hydrogens (tertiary/aromatic N) is 2. The Balaban J connectivity index is 2.53. The summed E-state index contributed by atoms with van der Waals surface area (Å²) in [6, 6.07) is 0. The molecular weight excluding hydrogens is 286 g/mol. The molecule has 9 heteroatoms. The third-order valence-corrected chi connectivity index (χ3v) is 3.15. The maximum absolute atomic E-state index is 11.9. The van der Waals surface area contributed by atoms with Crippen molar-refractivity contribution in [3.63, 3.8) is 0 Å². The molecule has 0 unspecified atom stereocenters. The Morgan fingerprint density at radius 1 is 1.32 bits per heavy atom. The van der Waals surface area contributed by atoms with Crippen LogP contribution in [-0.4, -0.2) is 41.1 Å². The van der Waals surface area contributed by atoms with Crippen molar-refractivity contribution >= 4 is 23.6 Å². The summed E-state index contributed by atoms with van der Waals surface area (Å²) >= 11 is 0. The molecule has 1 aromatic rings. The standard InChI is InChI=1S/C13H23N7O2/c1-4-16-8-9(7-14)12(21)18-6-5-17-10-11(15)19(2)20(3)13(10)22/h7-8,14,16-17H,4-6,15H2,1-3H3,(H,18,21)/b9-8+,14-7?. The molecule has 1 heterocycles. The van der Waals surface area contributed by atoms with Gasteiger partial charge in [-0.05, 0) is 6.92 Å². The Morgan fingerprint density at radius 2 is 2.00 bits per heavy atom. The number of anilines is 2. The summed E-state index contributed by atoms with van der Waals surface area (Å²) < 4.78 is 2.93. The highest BCUT2D eigenvalue weighted by molar-refractivity contribution is 6.11. The van der Waals surface area contributed by atoms with Gasteiger partial charge in [-0.1, -0.05) is 0 Å². The van der Waals surface area contributed by atoms with Crippen molar-refractivity contribution < 1.29 is 4.79 Å². The Hall–Kier alpha value is -2.71. The van der Waals surface area contributed by atoms with E-state index in [4.69, 9.17) is 11.1 Å². The van der Waals surface area contributed by atoms with Crippen molar-refractivity contribution in [3.05, 3.63) is 22.1 Å². The van der Waals surface area contributed by atoms with Gasteiger partial charge in [0.05, 0.1) is 5.57 Å². The zero-order valence-corrected chi connectivity index (χ0v) is 13.1. The molecule has 0 aliphatic heterocycles. The number of amides is 1. The van der Waals surface area contributed by atoms with Crippen LogP contribution in [0.4, 0.5) is 11.5 Å². The molecule has 0 aromatic carbocycles. The minimum Gasteiger partial charge on any atom is -0.390 e. The number of hydrogen-bond donors (Lipinski definition) is 5. The van der Waals surface area contributed by atoms with E-state index in [1.165, 1.54) is 15.6 Å². The molecule has 0 saturated heterocycles. The van der Waals surface area contributed by atoms with Crippen LogP contribution < -0.4 is 27.2 Å². The average Bonchev–Trinajstić information content (AvgIpc) is 2.69. The first-order valence-corrected chi connectivity index (χ1v) is 6.91. The van der Waals surface area contributed by atoms with Gasteiger partial charge in [0, 0.05) is 46.1 Å². The zero-order chi connectivity index (χ0) is 16.7. The summed E-state index contributed by atoms with van der Waals surface area (Å²) in [6.07, 6.45) is 2.47. The maximum Gasteiger partial charge on any atom is 0.292 e. The Morgan fingerprint density at radius 3 is 2.50 bits per heavy atom. The van der Waals surface area contributed by atoms with Gasteiger partial charge in [-0.25, -0.2) is 0 Å². The lowest BCUT2D eigenvalue weighted by Gasteiger charge is -2.07. The summed E-state index contributed by atoms with van der Waals surface area (Å²) in [6.45, 7) is 3.21. The number of carbonyl (C=O) groups excluding carboxylic acids is 1. The molecule has 1 amide bonds. The molecule has 122 valence electrons. The first kappa shape index (κ1) is 17.3. The Kier molecular flexibility index (Phi) is 6.24. The van der Waals surface area contributed by atoms with Gasteiger partial charge >= 0.3 is 0 Å². The van der Waals surface area contributed by atoms with Gasteiger partial charge in [0.25, 0.3) is 11.5 Å². The first-order chi connectivity index (χ1) is 10.4. The topological polar surface area (TPSA) is 130 Å². The molecule has 0 bridgehead atoms. The summed E-state index contributed by atoms with van der Waals surface area (Å²) in [5.74, 6) is -0.0160. The highest BCUT2D eigenvalue weighted by Gasteiger charge is 2.12. The van der Waals surface area contributed by atoms with Gasteiger partial charge in [0.2, 0.25) is 0 Å². The molecular formula is C13H23N7O2. The third kappa shape index (κ3) is 3.90. The second-order valence-electron chi connectivity index (χ2n) is 4.60. The number of nitrogens with one attached hydrogen (secondary N) is 4. The second kappa shape index (κ2) is 7.91. The van der Waals surface area contributed by atoms with Gasteiger partial charge in [-0.2, -0.15) is 0 Å². The van der Waals surface area contributed by atoms with Crippen LogP contribution in [0.3, 0.4) is 0 Å². The van der Waals surface area contributed by atoms with E-state index in [0.717, 1.165) is 6.21 Å². The van der Waals surface area contributed by atoms with E-state index in [2.05, 4.69) is 16.0 Å². The van der Waals surface area contributed by atoms with Crippen LogP contribution in [0.2, 0.25) is 0 Å². The van der Waals surface area contributed by atoms with Crippen molar-refractivity contribution in [2.45, 2.75) is 6.92 Å². The van der Waals surface area contributed by atoms with E-state index in [1.54, 1.807) is 14.1 Å². The number of aromatic nitrogens is 2. The molecule has 22 heavy (non-hydrogen) atoms. The van der Waals surface area contributed by atoms with E-state index in [-0.39, 0.29) is 17.0 Å². The third-order valence-electron chi connectivity index (χ3n) is 3.15. The number of carbonyl (C=O) groups is 1. The van der Waals surface area contributed by atoms with Crippen LogP contribution in [0.1, 0.15) is 6.92 Å². The fourth-order valence-electron chi connectivity index (χ4n) is 1.75. The van der Waals surface area contributed by atoms with Crippen LogP contribution in [0, 0.1) is 5.41 Å². The van der Waals surface area contributed by atoms with Crippen LogP contribution in [0.25, 0.3) is 0 Å². The lowest BCUT2D eigenvalue weighted by Crippen LogP contribution is -2.31. The Labute approximate surface area is 128 Å². The summed E-state index contributed by atoms with van der Waals surface area (Å²) in [4.78, 5) is 23.7. The monoisotopic (exact) mass is 309 g/mol. The first-order valence-electron chi connectivity index (χ1n) is 6.91. The Bertz CT molecular complexity index is 627. The van der Waals surface area contributed by atoms with Crippen molar-refractivity contribution in [1.82, 2.24) is 20.0 Å². The number of rotatable bonds is 8. The number of nitrogen functional groups attached to an aromatic ring is 1. The van der Waals surface area contributed by atoms with Crippen LogP contribution in [0.5, 0.6) is 0 Å². The zero-order valence-electron chi connectivity index (χ0n) is 13.1. The van der Waals surface area contributed by atoms with Crippen LogP contribution in [0.15, 0.2) is 16.6 Å². The molecule has 1 rings (SSSR count). The van der Waals surface area contributed by atoms with Gasteiger partial charge in [0.1, 0.15) is 11.5 Å². The normalized spacial score (nSPS) is 11.1. The lowest BCUT2D eigenvalue weighted by atomic mass is 10.3. The number of hydrogen-bond acceptors (Lipinski definition) is 6. The van der Waals surface area contributed by atoms with Gasteiger partial charge < -0.3 is 27.1 Å². The summed E-state index contributed by atoms with van der Waals surface area (Å²) in [7, 11) is 3.30. The molecule has 0 atom stereocenters. The van der Waals surface area contributed by atoms with E-state index >= 15 is 0 Å². The fraction of sp³-hybridized carbons (Fsp3) is 0.462. The van der Waals surface area contributed by atoms with E-state index in [9.17, 15) is 9.59 Å². The smallest absolute Gasteiger partial charge is 0.292 e. The molecule has 0 fully saturated rings. The van der Waals surface area contributed by atoms with Gasteiger partial charge in [-0.15, -0.1) is 0 Å².